The van der Waals surface area contributed by atoms with Gasteiger partial charge in [0.15, 0.2) is 5.12 Å². The van der Waals surface area contributed by atoms with Gasteiger partial charge in [-0.05, 0) is 49.8 Å². The van der Waals surface area contributed by atoms with E-state index in [-0.39, 0.29) is 50.3 Å². The SMILES string of the molecule is [N-]=[N+]=NCCCCC(=O)N[C@@H](CCC(=O)Sc1ccccc1)C(=O)SCC(=O)N1CCC[C@@H]1C(=O)Oc1c(F)c(F)c(F)c(F)c1F. The lowest BCUT2D eigenvalue weighted by Crippen LogP contribution is -2.44. The number of esters is 1. The predicted octanol–water partition coefficient (Wildman–Crippen LogP) is 5.60. The van der Waals surface area contributed by atoms with Crippen LogP contribution in [0.25, 0.3) is 10.4 Å². The Morgan fingerprint density at radius 3 is 2.30 bits per heavy atom. The van der Waals surface area contributed by atoms with Gasteiger partial charge in [0.2, 0.25) is 51.8 Å². The standard InChI is InChI=1S/C29H28F5N5O6S2/c30-22-23(31)25(33)27(26(34)24(22)32)45-28(43)18-9-6-14-39(18)20(41)15-46-29(44)17(37-19(40)10-4-5-13-36-38-35)11-12-21(42)47-16-7-2-1-3-8-16/h1-3,7-8,17-18H,4-6,9-15H2,(H,37,40)/t17-,18+/m0/s1. The smallest absolute Gasteiger partial charge is 0.334 e. The zero-order chi connectivity index (χ0) is 34.5. The van der Waals surface area contributed by atoms with E-state index >= 15 is 0 Å². The fraction of sp³-hybridized carbons (Fsp3) is 0.414. The number of halogens is 5. The molecule has 2 aromatic carbocycles. The van der Waals surface area contributed by atoms with Crippen molar-refractivity contribution < 1.29 is 50.7 Å². The highest BCUT2D eigenvalue weighted by molar-refractivity contribution is 8.14. The van der Waals surface area contributed by atoms with Crippen LogP contribution in [0.3, 0.4) is 0 Å². The number of hydrogen-bond acceptors (Lipinski definition) is 9. The molecule has 2 atom stereocenters. The van der Waals surface area contributed by atoms with Crippen LogP contribution in [0.2, 0.25) is 0 Å². The minimum Gasteiger partial charge on any atom is -0.418 e. The molecule has 0 saturated carbocycles. The molecule has 3 rings (SSSR count). The Bertz CT molecular complexity index is 1520. The van der Waals surface area contributed by atoms with E-state index in [0.29, 0.717) is 29.5 Å². The van der Waals surface area contributed by atoms with Crippen molar-refractivity contribution in [2.75, 3.05) is 18.8 Å². The topological polar surface area (TPSA) is 159 Å². The third-order valence-corrected chi connectivity index (χ3v) is 8.66. The first-order valence-electron chi connectivity index (χ1n) is 14.2. The Balaban J connectivity index is 1.62. The van der Waals surface area contributed by atoms with Crippen molar-refractivity contribution >= 4 is 51.5 Å². The molecule has 1 heterocycles. The summed E-state index contributed by atoms with van der Waals surface area (Å²) in [5, 5.41) is 5.02. The van der Waals surface area contributed by atoms with E-state index < -0.39 is 75.6 Å². The van der Waals surface area contributed by atoms with Gasteiger partial charge in [0.25, 0.3) is 0 Å². The first-order valence-corrected chi connectivity index (χ1v) is 16.0. The first-order chi connectivity index (χ1) is 22.4. The van der Waals surface area contributed by atoms with Crippen LogP contribution in [-0.2, 0) is 24.0 Å². The number of carbonyl (C=O) groups excluding carboxylic acids is 5. The van der Waals surface area contributed by atoms with Gasteiger partial charge in [-0.3, -0.25) is 19.2 Å². The van der Waals surface area contributed by atoms with E-state index in [4.69, 9.17) is 5.53 Å². The Labute approximate surface area is 273 Å². The molecule has 47 heavy (non-hydrogen) atoms. The second-order valence-electron chi connectivity index (χ2n) is 10.0. The van der Waals surface area contributed by atoms with Crippen LogP contribution in [0.4, 0.5) is 22.0 Å². The van der Waals surface area contributed by atoms with Gasteiger partial charge in [-0.2, -0.15) is 8.78 Å². The molecule has 2 aromatic rings. The van der Waals surface area contributed by atoms with E-state index in [1.54, 1.807) is 30.3 Å². The van der Waals surface area contributed by atoms with Crippen molar-refractivity contribution in [3.8, 4) is 5.75 Å². The van der Waals surface area contributed by atoms with Gasteiger partial charge in [-0.15, -0.1) is 0 Å². The third-order valence-electron chi connectivity index (χ3n) is 6.76. The molecule has 1 aliphatic rings. The van der Waals surface area contributed by atoms with Crippen molar-refractivity contribution in [3.05, 3.63) is 69.9 Å². The van der Waals surface area contributed by atoms with Crippen LogP contribution in [-0.4, -0.2) is 63.8 Å². The molecule has 1 saturated heterocycles. The molecule has 1 aliphatic heterocycles. The Morgan fingerprint density at radius 1 is 0.979 bits per heavy atom. The number of unbranched alkanes of at least 4 members (excludes halogenated alkanes) is 1. The lowest BCUT2D eigenvalue weighted by Gasteiger charge is -2.23. The van der Waals surface area contributed by atoms with Crippen LogP contribution in [0.5, 0.6) is 5.75 Å². The average molecular weight is 702 g/mol. The van der Waals surface area contributed by atoms with Crippen molar-refractivity contribution in [1.82, 2.24) is 10.2 Å². The van der Waals surface area contributed by atoms with Crippen LogP contribution in [0, 0.1) is 29.1 Å². The summed E-state index contributed by atoms with van der Waals surface area (Å²) >= 11 is 1.47. The van der Waals surface area contributed by atoms with E-state index in [2.05, 4.69) is 20.1 Å². The number of ether oxygens (including phenoxy) is 1. The fourth-order valence-electron chi connectivity index (χ4n) is 4.43. The van der Waals surface area contributed by atoms with Crippen molar-refractivity contribution in [2.24, 2.45) is 5.11 Å². The summed E-state index contributed by atoms with van der Waals surface area (Å²) in [6.45, 7) is 0.160. The molecule has 0 unspecified atom stereocenters. The number of carbonyl (C=O) groups is 5. The molecule has 2 amide bonds. The number of rotatable bonds is 15. The lowest BCUT2D eigenvalue weighted by molar-refractivity contribution is -0.145. The molecule has 18 heteroatoms. The van der Waals surface area contributed by atoms with Gasteiger partial charge in [0, 0.05) is 35.7 Å². The maximum atomic E-state index is 14.0. The second kappa shape index (κ2) is 18.3. The van der Waals surface area contributed by atoms with Crippen molar-refractivity contribution in [3.63, 3.8) is 0 Å². The number of thioether (sulfide) groups is 2. The highest BCUT2D eigenvalue weighted by Gasteiger charge is 2.38. The largest absolute Gasteiger partial charge is 0.418 e. The molecular weight excluding hydrogens is 673 g/mol. The highest BCUT2D eigenvalue weighted by atomic mass is 32.2. The second-order valence-corrected chi connectivity index (χ2v) is 12.1. The Morgan fingerprint density at radius 2 is 1.64 bits per heavy atom. The number of amides is 2. The monoisotopic (exact) mass is 701 g/mol. The minimum atomic E-state index is -2.43. The highest BCUT2D eigenvalue weighted by Crippen LogP contribution is 2.31. The van der Waals surface area contributed by atoms with E-state index in [0.717, 1.165) is 16.7 Å². The van der Waals surface area contributed by atoms with Gasteiger partial charge in [0.05, 0.1) is 11.8 Å². The third kappa shape index (κ3) is 10.7. The zero-order valence-electron chi connectivity index (χ0n) is 24.6. The van der Waals surface area contributed by atoms with Gasteiger partial charge in [0.1, 0.15) is 6.04 Å². The number of benzene rings is 2. The number of azide groups is 1. The summed E-state index contributed by atoms with van der Waals surface area (Å²) in [4.78, 5) is 68.1. The van der Waals surface area contributed by atoms with Crippen LogP contribution in [0.1, 0.15) is 44.9 Å². The van der Waals surface area contributed by atoms with Crippen LogP contribution < -0.4 is 10.1 Å². The van der Waals surface area contributed by atoms with E-state index in [1.165, 1.54) is 0 Å². The van der Waals surface area contributed by atoms with Gasteiger partial charge >= 0.3 is 5.97 Å². The summed E-state index contributed by atoms with van der Waals surface area (Å²) < 4.78 is 73.0. The Hall–Kier alpha value is -4.15. The normalized spacial score (nSPS) is 14.7. The summed E-state index contributed by atoms with van der Waals surface area (Å²) in [7, 11) is 0. The number of likely N-dealkylation sites (tertiary alicyclic amines) is 1. The molecule has 252 valence electrons. The van der Waals surface area contributed by atoms with Crippen molar-refractivity contribution in [2.45, 2.75) is 61.9 Å². The number of hydrogen-bond donors (Lipinski definition) is 1. The maximum absolute atomic E-state index is 14.0. The lowest BCUT2D eigenvalue weighted by atomic mass is 10.1. The molecule has 0 radical (unpaired) electrons. The maximum Gasteiger partial charge on any atom is 0.334 e. The van der Waals surface area contributed by atoms with Crippen LogP contribution >= 0.6 is 23.5 Å². The fourth-order valence-corrected chi connectivity index (χ4v) is 6.02. The predicted molar refractivity (Wildman–Crippen MR) is 160 cm³/mol. The summed E-state index contributed by atoms with van der Waals surface area (Å²) in [6.07, 6.45) is 0.802. The number of nitrogens with one attached hydrogen (secondary N) is 1. The van der Waals surface area contributed by atoms with Gasteiger partial charge < -0.3 is 15.0 Å². The van der Waals surface area contributed by atoms with E-state index in [9.17, 15) is 45.9 Å². The molecule has 0 aliphatic carbocycles. The van der Waals surface area contributed by atoms with E-state index in [1.807, 2.05) is 0 Å². The quantitative estimate of drug-likeness (QED) is 0.0240. The molecule has 1 fully saturated rings. The molecule has 0 bridgehead atoms. The molecule has 0 aromatic heterocycles. The molecular formula is C29H28F5N5O6S2. The van der Waals surface area contributed by atoms with Gasteiger partial charge in [-0.1, -0.05) is 46.8 Å². The minimum absolute atomic E-state index is 0.00164. The van der Waals surface area contributed by atoms with Gasteiger partial charge in [-0.25, -0.2) is 18.0 Å². The Kier molecular flexibility index (Phi) is 14.5. The number of nitrogens with zero attached hydrogens (tertiary/aromatic N) is 4. The average Bonchev–Trinajstić information content (AvgIpc) is 3.56. The van der Waals surface area contributed by atoms with Crippen LogP contribution in [0.15, 0.2) is 40.3 Å². The summed E-state index contributed by atoms with van der Waals surface area (Å²) in [5.41, 5.74) is 8.36. The summed E-state index contributed by atoms with van der Waals surface area (Å²) in [5.74, 6) is -16.8. The molecule has 1 N–H and O–H groups in total. The molecule has 0 spiro atoms. The van der Waals surface area contributed by atoms with Crippen molar-refractivity contribution in [1.29, 1.82) is 0 Å². The first kappa shape index (κ1) is 37.3. The molecule has 11 nitrogen and oxygen atoms in total. The summed E-state index contributed by atoms with van der Waals surface area (Å²) in [6, 6.07) is 6.16. The zero-order valence-corrected chi connectivity index (χ0v) is 26.2.